The van der Waals surface area contributed by atoms with Gasteiger partial charge < -0.3 is 9.64 Å². The summed E-state index contributed by atoms with van der Waals surface area (Å²) in [5, 5.41) is 0. The fourth-order valence-corrected chi connectivity index (χ4v) is 2.33. The fourth-order valence-electron chi connectivity index (χ4n) is 2.33. The fraction of sp³-hybridized carbons (Fsp3) is 1.00. The first kappa shape index (κ1) is 8.52. The van der Waals surface area contributed by atoms with E-state index in [1.54, 1.807) is 0 Å². The summed E-state index contributed by atoms with van der Waals surface area (Å²) in [5.74, 6) is 1.98. The van der Waals surface area contributed by atoms with Gasteiger partial charge in [-0.3, -0.25) is 0 Å². The lowest BCUT2D eigenvalue weighted by molar-refractivity contribution is 0.0357. The molecule has 1 saturated carbocycles. The van der Waals surface area contributed by atoms with E-state index >= 15 is 0 Å². The van der Waals surface area contributed by atoms with Crippen LogP contribution < -0.4 is 0 Å². The molecule has 0 bridgehead atoms. The molecule has 1 saturated heterocycles. The lowest BCUT2D eigenvalue weighted by Crippen LogP contribution is -2.34. The summed E-state index contributed by atoms with van der Waals surface area (Å²) >= 11 is 0. The molecular formula is C10H19NO. The van der Waals surface area contributed by atoms with Crippen LogP contribution in [0.5, 0.6) is 0 Å². The Balaban J connectivity index is 1.79. The smallest absolute Gasteiger partial charge is 0.0628 e. The second-order valence-electron chi connectivity index (χ2n) is 4.55. The van der Waals surface area contributed by atoms with Crippen molar-refractivity contribution < 1.29 is 4.74 Å². The van der Waals surface area contributed by atoms with E-state index in [1.165, 1.54) is 13.0 Å². The zero-order valence-corrected chi connectivity index (χ0v) is 8.29. The summed E-state index contributed by atoms with van der Waals surface area (Å²) in [6.07, 6.45) is 1.84. The zero-order chi connectivity index (χ0) is 8.72. The molecule has 0 aromatic carbocycles. The van der Waals surface area contributed by atoms with Gasteiger partial charge in [-0.1, -0.05) is 0 Å². The molecule has 1 heterocycles. The van der Waals surface area contributed by atoms with Crippen molar-refractivity contribution in [2.24, 2.45) is 11.8 Å². The maximum Gasteiger partial charge on any atom is 0.0628 e. The molecule has 2 heteroatoms. The molecule has 0 N–H and O–H groups in total. The normalized spacial score (nSPS) is 40.5. The van der Waals surface area contributed by atoms with Gasteiger partial charge in [0, 0.05) is 12.6 Å². The summed E-state index contributed by atoms with van der Waals surface area (Å²) in [6, 6.07) is 0.720. The van der Waals surface area contributed by atoms with Crippen LogP contribution in [-0.4, -0.2) is 37.2 Å². The lowest BCUT2D eigenvalue weighted by Gasteiger charge is -2.23. The van der Waals surface area contributed by atoms with E-state index < -0.39 is 0 Å². The highest BCUT2D eigenvalue weighted by Crippen LogP contribution is 2.48. The van der Waals surface area contributed by atoms with Crippen molar-refractivity contribution in [1.82, 2.24) is 4.90 Å². The SMILES string of the molecule is CC(C)OC[C@@H]1[C@H]2CC2CN1C. The van der Waals surface area contributed by atoms with Crippen LogP contribution in [0.4, 0.5) is 0 Å². The van der Waals surface area contributed by atoms with Gasteiger partial charge in [-0.25, -0.2) is 0 Å². The van der Waals surface area contributed by atoms with E-state index in [2.05, 4.69) is 25.8 Å². The quantitative estimate of drug-likeness (QED) is 0.632. The summed E-state index contributed by atoms with van der Waals surface area (Å²) in [7, 11) is 2.22. The first-order chi connectivity index (χ1) is 5.68. The molecule has 2 nitrogen and oxygen atoms in total. The van der Waals surface area contributed by atoms with Crippen molar-refractivity contribution in [3.63, 3.8) is 0 Å². The summed E-state index contributed by atoms with van der Waals surface area (Å²) < 4.78 is 5.65. The maximum atomic E-state index is 5.65. The van der Waals surface area contributed by atoms with Gasteiger partial charge in [-0.2, -0.15) is 0 Å². The molecule has 0 spiro atoms. The van der Waals surface area contributed by atoms with E-state index in [-0.39, 0.29) is 0 Å². The number of likely N-dealkylation sites (tertiary alicyclic amines) is 1. The number of likely N-dealkylation sites (N-methyl/N-ethyl adjacent to an activating group) is 1. The summed E-state index contributed by atoms with van der Waals surface area (Å²) in [5.41, 5.74) is 0. The van der Waals surface area contributed by atoms with Crippen molar-refractivity contribution in [3.8, 4) is 0 Å². The molecule has 12 heavy (non-hydrogen) atoms. The molecule has 2 rings (SSSR count). The molecule has 1 aliphatic carbocycles. The summed E-state index contributed by atoms with van der Waals surface area (Å²) in [4.78, 5) is 2.46. The molecule has 2 aliphatic rings. The Labute approximate surface area is 74.9 Å². The van der Waals surface area contributed by atoms with E-state index in [0.717, 1.165) is 24.5 Å². The largest absolute Gasteiger partial charge is 0.377 e. The van der Waals surface area contributed by atoms with Gasteiger partial charge in [0.1, 0.15) is 0 Å². The minimum absolute atomic E-state index is 0.385. The molecule has 0 amide bonds. The molecule has 3 atom stereocenters. The Hall–Kier alpha value is -0.0800. The van der Waals surface area contributed by atoms with Crippen molar-refractivity contribution in [2.45, 2.75) is 32.4 Å². The van der Waals surface area contributed by atoms with Gasteiger partial charge in [-0.15, -0.1) is 0 Å². The van der Waals surface area contributed by atoms with Crippen LogP contribution in [-0.2, 0) is 4.74 Å². The van der Waals surface area contributed by atoms with Crippen LogP contribution in [0.3, 0.4) is 0 Å². The monoisotopic (exact) mass is 169 g/mol. The highest BCUT2D eigenvalue weighted by atomic mass is 16.5. The molecule has 2 fully saturated rings. The van der Waals surface area contributed by atoms with Crippen LogP contribution in [0, 0.1) is 11.8 Å². The van der Waals surface area contributed by atoms with Gasteiger partial charge >= 0.3 is 0 Å². The molecule has 0 aromatic rings. The standard InChI is InChI=1S/C10H19NO/c1-7(2)12-6-10-9-4-8(9)5-11(10)3/h7-10H,4-6H2,1-3H3/t8?,9-,10+/m0/s1. The third-order valence-electron chi connectivity index (χ3n) is 3.16. The van der Waals surface area contributed by atoms with Crippen molar-refractivity contribution in [3.05, 3.63) is 0 Å². The molecule has 0 aromatic heterocycles. The Bertz CT molecular complexity index is 167. The third kappa shape index (κ3) is 1.50. The molecule has 70 valence electrons. The Kier molecular flexibility index (Phi) is 2.13. The lowest BCUT2D eigenvalue weighted by atomic mass is 10.2. The van der Waals surface area contributed by atoms with E-state index in [9.17, 15) is 0 Å². The molecule has 0 radical (unpaired) electrons. The number of hydrogen-bond acceptors (Lipinski definition) is 2. The number of hydrogen-bond donors (Lipinski definition) is 0. The second-order valence-corrected chi connectivity index (χ2v) is 4.55. The van der Waals surface area contributed by atoms with Crippen LogP contribution in [0.15, 0.2) is 0 Å². The predicted octanol–water partition coefficient (Wildman–Crippen LogP) is 1.36. The summed E-state index contributed by atoms with van der Waals surface area (Å²) in [6.45, 7) is 6.46. The van der Waals surface area contributed by atoms with Gasteiger partial charge in [0.15, 0.2) is 0 Å². The van der Waals surface area contributed by atoms with Crippen molar-refractivity contribution in [1.29, 1.82) is 0 Å². The topological polar surface area (TPSA) is 12.5 Å². The first-order valence-corrected chi connectivity index (χ1v) is 5.00. The Morgan fingerprint density at radius 1 is 1.50 bits per heavy atom. The van der Waals surface area contributed by atoms with Crippen LogP contribution in [0.25, 0.3) is 0 Å². The number of piperidine rings is 1. The van der Waals surface area contributed by atoms with Crippen LogP contribution in [0.1, 0.15) is 20.3 Å². The predicted molar refractivity (Wildman–Crippen MR) is 49.1 cm³/mol. The van der Waals surface area contributed by atoms with Crippen LogP contribution >= 0.6 is 0 Å². The highest BCUT2D eigenvalue weighted by molar-refractivity contribution is 5.03. The van der Waals surface area contributed by atoms with Gasteiger partial charge in [-0.05, 0) is 39.2 Å². The molecule has 1 unspecified atom stereocenters. The van der Waals surface area contributed by atoms with Crippen molar-refractivity contribution in [2.75, 3.05) is 20.2 Å². The Morgan fingerprint density at radius 2 is 2.25 bits per heavy atom. The minimum Gasteiger partial charge on any atom is -0.377 e. The van der Waals surface area contributed by atoms with E-state index in [1.807, 2.05) is 0 Å². The molecule has 1 aliphatic heterocycles. The Morgan fingerprint density at radius 3 is 2.75 bits per heavy atom. The average molecular weight is 169 g/mol. The average Bonchev–Trinajstić information content (AvgIpc) is 2.62. The minimum atomic E-state index is 0.385. The van der Waals surface area contributed by atoms with E-state index in [0.29, 0.717) is 6.10 Å². The number of nitrogens with zero attached hydrogens (tertiary/aromatic N) is 1. The maximum absolute atomic E-state index is 5.65. The van der Waals surface area contributed by atoms with Gasteiger partial charge in [0.05, 0.1) is 12.7 Å². The number of fused-ring (bicyclic) bond motifs is 1. The van der Waals surface area contributed by atoms with Gasteiger partial charge in [0.25, 0.3) is 0 Å². The number of rotatable bonds is 3. The third-order valence-corrected chi connectivity index (χ3v) is 3.16. The second kappa shape index (κ2) is 3.00. The zero-order valence-electron chi connectivity index (χ0n) is 8.29. The molecular weight excluding hydrogens is 150 g/mol. The highest BCUT2D eigenvalue weighted by Gasteiger charge is 2.50. The van der Waals surface area contributed by atoms with E-state index in [4.69, 9.17) is 4.74 Å². The van der Waals surface area contributed by atoms with Gasteiger partial charge in [0.2, 0.25) is 0 Å². The van der Waals surface area contributed by atoms with Crippen LogP contribution in [0.2, 0.25) is 0 Å². The van der Waals surface area contributed by atoms with Crippen molar-refractivity contribution >= 4 is 0 Å². The first-order valence-electron chi connectivity index (χ1n) is 5.00. The number of ether oxygens (including phenoxy) is 1.